The van der Waals surface area contributed by atoms with Crippen molar-refractivity contribution in [3.05, 3.63) is 59.7 Å². The Morgan fingerprint density at radius 2 is 1.71 bits per heavy atom. The summed E-state index contributed by atoms with van der Waals surface area (Å²) >= 11 is 0. The van der Waals surface area contributed by atoms with Gasteiger partial charge in [0.2, 0.25) is 15.9 Å². The number of nitrogens with zero attached hydrogens (tertiary/aromatic N) is 1. The number of hydrogen-bond donors (Lipinski definition) is 1. The van der Waals surface area contributed by atoms with Crippen LogP contribution in [0.25, 0.3) is 11.1 Å². The number of likely N-dealkylation sites (tertiary alicyclic amines) is 1. The maximum atomic E-state index is 14.4. The third-order valence-corrected chi connectivity index (χ3v) is 6.55. The molecule has 1 N–H and O–H groups in total. The first-order chi connectivity index (χ1) is 14.6. The maximum Gasteiger partial charge on any atom is 0.226 e. The predicted octanol–water partition coefficient (Wildman–Crippen LogP) is 3.22. The normalized spacial score (nSPS) is 26.0. The minimum atomic E-state index is -3.52. The van der Waals surface area contributed by atoms with Crippen molar-refractivity contribution in [2.45, 2.75) is 31.0 Å². The van der Waals surface area contributed by atoms with E-state index in [4.69, 9.17) is 0 Å². The van der Waals surface area contributed by atoms with Crippen molar-refractivity contribution < 1.29 is 26.4 Å². The van der Waals surface area contributed by atoms with E-state index in [9.17, 15) is 26.4 Å². The summed E-state index contributed by atoms with van der Waals surface area (Å²) in [5, 5.41) is 0. The van der Waals surface area contributed by atoms with Crippen molar-refractivity contribution in [1.82, 2.24) is 9.62 Å². The molecule has 4 rings (SSSR count). The van der Waals surface area contributed by atoms with E-state index in [0.717, 1.165) is 6.26 Å². The molecule has 2 fully saturated rings. The summed E-state index contributed by atoms with van der Waals surface area (Å²) in [7, 11) is -3.52. The van der Waals surface area contributed by atoms with Gasteiger partial charge in [0.05, 0.1) is 18.4 Å². The molecule has 2 aromatic rings. The average Bonchev–Trinajstić information content (AvgIpc) is 3.46. The van der Waals surface area contributed by atoms with Crippen LogP contribution in [0.4, 0.5) is 13.2 Å². The van der Waals surface area contributed by atoms with Crippen LogP contribution in [0, 0.1) is 17.6 Å². The van der Waals surface area contributed by atoms with Crippen LogP contribution in [0.3, 0.4) is 0 Å². The molecule has 0 bridgehead atoms. The van der Waals surface area contributed by atoms with E-state index < -0.39 is 39.8 Å². The van der Waals surface area contributed by atoms with Crippen LogP contribution >= 0.6 is 0 Å². The average molecular weight is 452 g/mol. The van der Waals surface area contributed by atoms with Gasteiger partial charge in [0, 0.05) is 18.5 Å². The van der Waals surface area contributed by atoms with E-state index in [2.05, 4.69) is 4.72 Å². The lowest BCUT2D eigenvalue weighted by Crippen LogP contribution is -2.53. The molecule has 1 amide bonds. The van der Waals surface area contributed by atoms with Gasteiger partial charge >= 0.3 is 0 Å². The molecule has 1 aliphatic heterocycles. The molecule has 1 saturated carbocycles. The van der Waals surface area contributed by atoms with Gasteiger partial charge in [-0.05, 0) is 42.0 Å². The highest BCUT2D eigenvalue weighted by atomic mass is 32.2. The van der Waals surface area contributed by atoms with Crippen molar-refractivity contribution in [3.63, 3.8) is 0 Å². The highest BCUT2D eigenvalue weighted by molar-refractivity contribution is 7.88. The van der Waals surface area contributed by atoms with Crippen LogP contribution in [-0.4, -0.2) is 50.8 Å². The number of carbonyl (C=O) groups is 1. The number of carbonyl (C=O) groups excluding carboxylic acids is 1. The van der Waals surface area contributed by atoms with Gasteiger partial charge in [-0.15, -0.1) is 0 Å². The first-order valence-corrected chi connectivity index (χ1v) is 12.0. The Morgan fingerprint density at radius 1 is 1.03 bits per heavy atom. The third-order valence-electron chi connectivity index (χ3n) is 5.79. The van der Waals surface area contributed by atoms with Gasteiger partial charge in [-0.1, -0.05) is 30.3 Å². The van der Waals surface area contributed by atoms with Gasteiger partial charge in [0.1, 0.15) is 17.8 Å². The fourth-order valence-electron chi connectivity index (χ4n) is 4.45. The largest absolute Gasteiger partial charge is 0.338 e. The molecule has 0 aromatic heterocycles. The van der Waals surface area contributed by atoms with Gasteiger partial charge in [0.15, 0.2) is 0 Å². The standard InChI is InChI=1S/C22H23F3N2O3S/c1-31(29,30)26-14-9-13(23)11-27(12-14)22(28)18-10-17(18)15-5-2-3-6-16(15)21-19(24)7-4-8-20(21)25/h2-8,13-14,17-18,26H,9-12H2,1H3/t13-,14+,17+,18-/m1/s1. The highest BCUT2D eigenvalue weighted by Crippen LogP contribution is 2.51. The first kappa shape index (κ1) is 21.8. The van der Waals surface area contributed by atoms with Gasteiger partial charge in [0.25, 0.3) is 0 Å². The number of halogens is 3. The molecule has 1 saturated heterocycles. The van der Waals surface area contributed by atoms with Crippen molar-refractivity contribution >= 4 is 15.9 Å². The first-order valence-electron chi connectivity index (χ1n) is 10.1. The fourth-order valence-corrected chi connectivity index (χ4v) is 5.23. The molecule has 4 atom stereocenters. The number of sulfonamides is 1. The minimum absolute atomic E-state index is 0.0142. The zero-order chi connectivity index (χ0) is 22.3. The summed E-state index contributed by atoms with van der Waals surface area (Å²) in [6.07, 6.45) is 0.176. The summed E-state index contributed by atoms with van der Waals surface area (Å²) in [5.74, 6) is -2.29. The minimum Gasteiger partial charge on any atom is -0.338 e. The molecule has 1 aliphatic carbocycles. The second kappa shape index (κ2) is 8.27. The molecule has 2 aliphatic rings. The summed E-state index contributed by atoms with van der Waals surface area (Å²) < 4.78 is 68.3. The lowest BCUT2D eigenvalue weighted by Gasteiger charge is -2.35. The smallest absolute Gasteiger partial charge is 0.226 e. The maximum absolute atomic E-state index is 14.4. The third kappa shape index (κ3) is 4.77. The van der Waals surface area contributed by atoms with Gasteiger partial charge in [-0.2, -0.15) is 0 Å². The molecule has 1 heterocycles. The number of hydrogen-bond acceptors (Lipinski definition) is 3. The molecule has 0 unspecified atom stereocenters. The second-order valence-electron chi connectivity index (χ2n) is 8.30. The summed E-state index contributed by atoms with van der Waals surface area (Å²) in [4.78, 5) is 14.4. The SMILES string of the molecule is CS(=O)(=O)N[C@H]1C[C@@H](F)CN(C(=O)[C@@H]2C[C@H]2c2ccccc2-c2c(F)cccc2F)C1. The Bertz CT molecular complexity index is 1090. The van der Waals surface area contributed by atoms with E-state index in [1.807, 2.05) is 0 Å². The lowest BCUT2D eigenvalue weighted by atomic mass is 9.95. The number of alkyl halides is 1. The molecule has 2 aromatic carbocycles. The Hall–Kier alpha value is -2.39. The molecule has 5 nitrogen and oxygen atoms in total. The van der Waals surface area contributed by atoms with Gasteiger partial charge in [-0.25, -0.2) is 26.3 Å². The Balaban J connectivity index is 1.54. The van der Waals surface area contributed by atoms with Crippen LogP contribution in [0.2, 0.25) is 0 Å². The van der Waals surface area contributed by atoms with Crippen molar-refractivity contribution in [2.75, 3.05) is 19.3 Å². The molecule has 31 heavy (non-hydrogen) atoms. The zero-order valence-corrected chi connectivity index (χ0v) is 17.7. The highest BCUT2D eigenvalue weighted by Gasteiger charge is 2.48. The Kier molecular flexibility index (Phi) is 5.83. The fraction of sp³-hybridized carbons (Fsp3) is 0.409. The second-order valence-corrected chi connectivity index (χ2v) is 10.1. The van der Waals surface area contributed by atoms with Crippen LogP contribution in [0.15, 0.2) is 42.5 Å². The van der Waals surface area contributed by atoms with Gasteiger partial charge < -0.3 is 4.90 Å². The topological polar surface area (TPSA) is 66.5 Å². The van der Waals surface area contributed by atoms with Crippen LogP contribution < -0.4 is 4.72 Å². The molecular formula is C22H23F3N2O3S. The number of rotatable bonds is 5. The van der Waals surface area contributed by atoms with E-state index in [1.165, 1.54) is 23.1 Å². The van der Waals surface area contributed by atoms with E-state index in [1.54, 1.807) is 24.3 Å². The van der Waals surface area contributed by atoms with E-state index in [-0.39, 0.29) is 36.9 Å². The van der Waals surface area contributed by atoms with Crippen LogP contribution in [-0.2, 0) is 14.8 Å². The number of benzene rings is 2. The lowest BCUT2D eigenvalue weighted by molar-refractivity contribution is -0.135. The molecule has 166 valence electrons. The van der Waals surface area contributed by atoms with Crippen molar-refractivity contribution in [3.8, 4) is 11.1 Å². The number of nitrogens with one attached hydrogen (secondary N) is 1. The summed E-state index contributed by atoms with van der Waals surface area (Å²) in [6.45, 7) is 0.00666. The number of amides is 1. The summed E-state index contributed by atoms with van der Waals surface area (Å²) in [6, 6.07) is 9.81. The Morgan fingerprint density at radius 3 is 2.39 bits per heavy atom. The molecular weight excluding hydrogens is 429 g/mol. The monoisotopic (exact) mass is 452 g/mol. The zero-order valence-electron chi connectivity index (χ0n) is 16.9. The number of piperidine rings is 1. The Labute approximate surface area is 179 Å². The summed E-state index contributed by atoms with van der Waals surface area (Å²) in [5.41, 5.74) is 0.942. The predicted molar refractivity (Wildman–Crippen MR) is 111 cm³/mol. The van der Waals surface area contributed by atoms with Crippen LogP contribution in [0.5, 0.6) is 0 Å². The van der Waals surface area contributed by atoms with Crippen molar-refractivity contribution in [2.24, 2.45) is 5.92 Å². The molecule has 0 radical (unpaired) electrons. The van der Waals surface area contributed by atoms with E-state index >= 15 is 0 Å². The quantitative estimate of drug-likeness (QED) is 0.758. The van der Waals surface area contributed by atoms with Crippen molar-refractivity contribution in [1.29, 1.82) is 0 Å². The van der Waals surface area contributed by atoms with Crippen LogP contribution in [0.1, 0.15) is 24.3 Å². The van der Waals surface area contributed by atoms with Gasteiger partial charge in [-0.3, -0.25) is 4.79 Å². The molecule has 0 spiro atoms. The molecule has 9 heteroatoms. The van der Waals surface area contributed by atoms with E-state index in [0.29, 0.717) is 17.5 Å².